The van der Waals surface area contributed by atoms with Gasteiger partial charge in [0.15, 0.2) is 17.3 Å². The molecule has 0 aliphatic carbocycles. The largest absolute Gasteiger partial charge is 1.00 e. The fourth-order valence-electron chi connectivity index (χ4n) is 11.9. The topological polar surface area (TPSA) is 450 Å². The number of carboxylic acids is 5. The van der Waals surface area contributed by atoms with E-state index in [1.165, 1.54) is 69.9 Å². The van der Waals surface area contributed by atoms with E-state index in [9.17, 15) is 78.6 Å². The van der Waals surface area contributed by atoms with Gasteiger partial charge in [0.1, 0.15) is 74.7 Å². The molecule has 10 rings (SSSR count). The third kappa shape index (κ3) is 35.6. The summed E-state index contributed by atoms with van der Waals surface area (Å²) in [7, 11) is 4.45. The van der Waals surface area contributed by atoms with E-state index in [-0.39, 0.29) is 159 Å². The van der Waals surface area contributed by atoms with Gasteiger partial charge in [-0.15, -0.1) is 0 Å². The second kappa shape index (κ2) is 56.9. The zero-order valence-corrected chi connectivity index (χ0v) is 72.6. The third-order valence-electron chi connectivity index (χ3n) is 18.5. The molecule has 10 aromatic carbocycles. The van der Waals surface area contributed by atoms with E-state index in [1.54, 1.807) is 176 Å². The third-order valence-corrected chi connectivity index (χ3v) is 18.5. The first-order valence-corrected chi connectivity index (χ1v) is 40.3. The molecular formula is C97H103NaO28. The van der Waals surface area contributed by atoms with Gasteiger partial charge in [0, 0.05) is 31.7 Å². The normalized spacial score (nSPS) is 10.2. The van der Waals surface area contributed by atoms with Gasteiger partial charge in [-0.2, -0.15) is 0 Å². The number of carbonyl (C=O) groups excluding carboxylic acids is 6. The summed E-state index contributed by atoms with van der Waals surface area (Å²) in [5.41, 5.74) is 2.64. The number of unbranched alkanes of at least 4 members (excludes halogenated alkanes) is 9. The number of hydrogen-bond acceptors (Lipinski definition) is 24. The van der Waals surface area contributed by atoms with Crippen LogP contribution in [0, 0.1) is 0 Å². The Labute approximate surface area is 751 Å². The van der Waals surface area contributed by atoms with Crippen molar-refractivity contribution < 1.29 is 166 Å². The number of aliphatic carboxylic acids is 5. The number of carboxylic acid groups (broad SMARTS) is 5. The number of ether oxygens (including phenoxy) is 8. The molecule has 0 atom stereocenters. The van der Waals surface area contributed by atoms with Crippen LogP contribution in [0.15, 0.2) is 224 Å². The van der Waals surface area contributed by atoms with Crippen molar-refractivity contribution in [3.05, 3.63) is 280 Å². The van der Waals surface area contributed by atoms with Gasteiger partial charge in [-0.3, -0.25) is 43.2 Å². The molecule has 0 amide bonds. The summed E-state index contributed by atoms with van der Waals surface area (Å²) in [5.74, 6) is -3.02. The van der Waals surface area contributed by atoms with Crippen LogP contribution in [0.1, 0.15) is 202 Å². The first kappa shape index (κ1) is 103. The van der Waals surface area contributed by atoms with Crippen LogP contribution in [0.25, 0.3) is 0 Å². The Morgan fingerprint density at radius 1 is 0.238 bits per heavy atom. The van der Waals surface area contributed by atoms with Crippen molar-refractivity contribution in [3.8, 4) is 74.7 Å². The van der Waals surface area contributed by atoms with Crippen LogP contribution in [0.3, 0.4) is 0 Å². The molecule has 28 nitrogen and oxygen atoms in total. The Morgan fingerprint density at radius 2 is 0.444 bits per heavy atom. The molecule has 0 aliphatic heterocycles. The van der Waals surface area contributed by atoms with Crippen LogP contribution in [-0.4, -0.2) is 159 Å². The molecule has 0 saturated carbocycles. The number of aromatic hydroxyl groups is 5. The van der Waals surface area contributed by atoms with Gasteiger partial charge < -0.3 is 93.8 Å². The SMILES string of the molecule is COc1ccc(O)c(C(=O)c2cc(OC)ccc2OCCCCC(=O)O)c1.COc1ccc(OCCCCC(=O)O)c(C(=O)c2ccccc2O)c1.O=C(O)CCCCCOc1ccccc1C(=O)c1ccccc1O.O=C(O)CCCCOc1ccccc1C(=O)c1ccccc1O.O=C([O-])CCCCCCCOc1ccccc1C(=O)c1ccccc1O.[Na+]. The van der Waals surface area contributed by atoms with Gasteiger partial charge in [0.05, 0.1) is 110 Å². The Hall–Kier alpha value is -13.7. The molecule has 660 valence electrons. The predicted molar refractivity (Wildman–Crippen MR) is 460 cm³/mol. The van der Waals surface area contributed by atoms with E-state index in [1.807, 2.05) is 0 Å². The molecule has 9 N–H and O–H groups in total. The van der Waals surface area contributed by atoms with Gasteiger partial charge >= 0.3 is 53.4 Å². The Kier molecular flexibility index (Phi) is 46.4. The van der Waals surface area contributed by atoms with E-state index in [2.05, 4.69) is 0 Å². The fourth-order valence-corrected chi connectivity index (χ4v) is 11.9. The molecule has 10 aromatic rings. The Morgan fingerprint density at radius 3 is 0.738 bits per heavy atom. The number of benzene rings is 10. The Balaban J connectivity index is 0.000000279. The maximum absolute atomic E-state index is 13.0. The average Bonchev–Trinajstić information content (AvgIpc) is 0.818. The summed E-state index contributed by atoms with van der Waals surface area (Å²) >= 11 is 0. The number of para-hydroxylation sites is 7. The van der Waals surface area contributed by atoms with Crippen molar-refractivity contribution in [2.75, 3.05) is 54.4 Å². The second-order valence-electron chi connectivity index (χ2n) is 27.7. The number of ketones is 5. The predicted octanol–water partition coefficient (Wildman–Crippen LogP) is 13.5. The average molecular weight is 1740 g/mol. The minimum Gasteiger partial charge on any atom is -0.550 e. The molecular weight excluding hydrogens is 1640 g/mol. The van der Waals surface area contributed by atoms with Crippen LogP contribution in [0.2, 0.25) is 0 Å². The maximum atomic E-state index is 13.0. The summed E-state index contributed by atoms with van der Waals surface area (Å²) in [6.45, 7) is 1.78. The number of hydrogen-bond donors (Lipinski definition) is 9. The van der Waals surface area contributed by atoms with Crippen molar-refractivity contribution in [2.45, 2.75) is 122 Å². The first-order valence-electron chi connectivity index (χ1n) is 40.3. The van der Waals surface area contributed by atoms with Crippen molar-refractivity contribution >= 4 is 58.8 Å². The molecule has 0 aromatic heterocycles. The van der Waals surface area contributed by atoms with Gasteiger partial charge in [-0.05, 0) is 217 Å². The minimum absolute atomic E-state index is 0. The van der Waals surface area contributed by atoms with Crippen LogP contribution in [-0.2, 0) is 24.0 Å². The maximum Gasteiger partial charge on any atom is 1.00 e. The standard InChI is InChI=1S/C21H24O5.C20H22O7.C19H20O6.C19H20O5.C18H18O5.Na/c22-18-12-7-5-10-16(18)21(25)17-11-6-8-13-19(17)26-15-9-3-1-2-4-14-20(23)24;1-25-13-6-8-17(21)15(11-13)20(24)16-12-14(26-2)7-9-18(16)27-10-4-3-5-19(22)23;1-24-13-9-10-17(25-11-5-4-8-18(21)22)15(12-13)19(23)14-6-2-3-7-16(14)20;20-16-10-5-3-8-14(16)19(23)15-9-4-6-11-17(15)24-13-7-1-2-12-18(21)22;19-15-9-3-1-7-13(15)18(22)14-8-2-4-10-16(14)23-12-6-5-11-17(20)21;/h5-8,10-13,22H,1-4,9,14-15H2,(H,23,24);6-9,11-12,21H,3-5,10H2,1-2H3,(H,22,23);2-3,6-7,9-10,12,20H,4-5,8,11H2,1H3,(H,21,22);3-6,8-11,20H,1-2,7,12-13H2,(H,21,22);1-4,7-10,19H,5-6,11-12H2,(H,20,21);/q;;;;;+1/p-1. The van der Waals surface area contributed by atoms with Gasteiger partial charge in [0.25, 0.3) is 0 Å². The first-order chi connectivity index (χ1) is 60.3. The summed E-state index contributed by atoms with van der Waals surface area (Å²) in [5, 5.41) is 94.3. The van der Waals surface area contributed by atoms with Gasteiger partial charge in [0.2, 0.25) is 11.6 Å². The van der Waals surface area contributed by atoms with Crippen LogP contribution >= 0.6 is 0 Å². The van der Waals surface area contributed by atoms with E-state index >= 15 is 0 Å². The van der Waals surface area contributed by atoms with E-state index in [4.69, 9.17) is 58.3 Å². The minimum atomic E-state index is -1.00. The number of rotatable bonds is 47. The molecule has 0 aliphatic rings. The van der Waals surface area contributed by atoms with E-state index in [0.717, 1.165) is 32.1 Å². The zero-order valence-electron chi connectivity index (χ0n) is 70.6. The van der Waals surface area contributed by atoms with Crippen molar-refractivity contribution in [1.82, 2.24) is 0 Å². The zero-order chi connectivity index (χ0) is 90.8. The number of methoxy groups -OCH3 is 3. The molecule has 29 heteroatoms. The molecule has 0 radical (unpaired) electrons. The molecule has 126 heavy (non-hydrogen) atoms. The smallest absolute Gasteiger partial charge is 0.550 e. The molecule has 0 heterocycles. The summed E-state index contributed by atoms with van der Waals surface area (Å²) < 4.78 is 43.8. The fraction of sp³-hybridized carbons (Fsp3) is 0.278. The van der Waals surface area contributed by atoms with E-state index < -0.39 is 35.6 Å². The summed E-state index contributed by atoms with van der Waals surface area (Å²) in [4.78, 5) is 116. The summed E-state index contributed by atoms with van der Waals surface area (Å²) in [6.07, 6.45) is 9.95. The van der Waals surface area contributed by atoms with Crippen molar-refractivity contribution in [1.29, 1.82) is 0 Å². The molecule has 0 spiro atoms. The second-order valence-corrected chi connectivity index (χ2v) is 27.7. The van der Waals surface area contributed by atoms with Crippen LogP contribution in [0.5, 0.6) is 74.7 Å². The van der Waals surface area contributed by atoms with Crippen LogP contribution in [0.4, 0.5) is 0 Å². The Bertz CT molecular complexity index is 5190. The molecule has 0 saturated heterocycles. The molecule has 0 unspecified atom stereocenters. The quantitative estimate of drug-likeness (QED) is 0.00971. The van der Waals surface area contributed by atoms with Crippen molar-refractivity contribution in [3.63, 3.8) is 0 Å². The van der Waals surface area contributed by atoms with Crippen molar-refractivity contribution in [2.24, 2.45) is 0 Å². The van der Waals surface area contributed by atoms with Gasteiger partial charge in [-0.25, -0.2) is 0 Å². The molecule has 0 bridgehead atoms. The summed E-state index contributed by atoms with van der Waals surface area (Å²) in [6, 6.07) is 60.2. The monoisotopic (exact) mass is 1740 g/mol. The molecule has 0 fully saturated rings. The number of phenolic OH excluding ortho intramolecular Hbond substituents is 5. The van der Waals surface area contributed by atoms with E-state index in [0.29, 0.717) is 147 Å². The van der Waals surface area contributed by atoms with Crippen LogP contribution < -0.4 is 72.6 Å². The van der Waals surface area contributed by atoms with Gasteiger partial charge in [-0.1, -0.05) is 104 Å². The number of carbonyl (C=O) groups is 10. The number of phenols is 5.